The van der Waals surface area contributed by atoms with Crippen LogP contribution in [0.2, 0.25) is 0 Å². The van der Waals surface area contributed by atoms with Crippen molar-refractivity contribution >= 4 is 17.1 Å². The van der Waals surface area contributed by atoms with Crippen LogP contribution in [0, 0.1) is 0 Å². The summed E-state index contributed by atoms with van der Waals surface area (Å²) in [5.41, 5.74) is 2.31. The number of benzene rings is 2. The summed E-state index contributed by atoms with van der Waals surface area (Å²) >= 11 is 0. The molecule has 25 heavy (non-hydrogen) atoms. The van der Waals surface area contributed by atoms with Crippen molar-refractivity contribution in [1.82, 2.24) is 14.9 Å². The molecule has 0 saturated carbocycles. The molecule has 0 fully saturated rings. The van der Waals surface area contributed by atoms with Crippen LogP contribution in [-0.4, -0.2) is 21.2 Å². The molecule has 1 aromatic heterocycles. The molecular weight excluding hydrogens is 314 g/mol. The number of nitrogens with one attached hydrogen (secondary N) is 1. The smallest absolute Gasteiger partial charge is 0.408 e. The SMILES string of the molecule is Cn1c([C@H](NC(=O)OC(C)(C)C)c2ccccc2)nc2ccccc21. The number of aromatic nitrogens is 2. The first-order valence-electron chi connectivity index (χ1n) is 8.31. The van der Waals surface area contributed by atoms with Gasteiger partial charge in [0.2, 0.25) is 0 Å². The molecule has 3 aromatic rings. The molecule has 5 heteroatoms. The zero-order valence-electron chi connectivity index (χ0n) is 15.0. The van der Waals surface area contributed by atoms with Gasteiger partial charge in [0.1, 0.15) is 17.5 Å². The first-order chi connectivity index (χ1) is 11.8. The predicted molar refractivity (Wildman–Crippen MR) is 98.4 cm³/mol. The van der Waals surface area contributed by atoms with Gasteiger partial charge in [0.05, 0.1) is 11.0 Å². The van der Waals surface area contributed by atoms with Crippen LogP contribution in [0.25, 0.3) is 11.0 Å². The molecule has 3 rings (SSSR count). The highest BCUT2D eigenvalue weighted by Crippen LogP contribution is 2.25. The van der Waals surface area contributed by atoms with Crippen molar-refractivity contribution in [2.24, 2.45) is 7.05 Å². The Hall–Kier alpha value is -2.82. The van der Waals surface area contributed by atoms with Crippen LogP contribution in [0.4, 0.5) is 4.79 Å². The van der Waals surface area contributed by atoms with E-state index in [0.29, 0.717) is 0 Å². The fourth-order valence-electron chi connectivity index (χ4n) is 2.79. The summed E-state index contributed by atoms with van der Waals surface area (Å²) in [6.07, 6.45) is -0.464. The van der Waals surface area contributed by atoms with Crippen LogP contribution >= 0.6 is 0 Å². The fourth-order valence-corrected chi connectivity index (χ4v) is 2.79. The average Bonchev–Trinajstić information content (AvgIpc) is 2.89. The van der Waals surface area contributed by atoms with E-state index >= 15 is 0 Å². The Bertz CT molecular complexity index is 879. The van der Waals surface area contributed by atoms with Gasteiger partial charge in [-0.3, -0.25) is 0 Å². The topological polar surface area (TPSA) is 56.2 Å². The Balaban J connectivity index is 2.02. The van der Waals surface area contributed by atoms with E-state index in [0.717, 1.165) is 22.4 Å². The number of aryl methyl sites for hydroxylation is 1. The first-order valence-corrected chi connectivity index (χ1v) is 8.31. The lowest BCUT2D eigenvalue weighted by Crippen LogP contribution is -2.36. The van der Waals surface area contributed by atoms with Crippen molar-refractivity contribution in [3.8, 4) is 0 Å². The van der Waals surface area contributed by atoms with Crippen molar-refractivity contribution < 1.29 is 9.53 Å². The second kappa shape index (κ2) is 6.59. The molecule has 0 bridgehead atoms. The van der Waals surface area contributed by atoms with Crippen LogP contribution in [0.5, 0.6) is 0 Å². The molecule has 0 aliphatic heterocycles. The second-order valence-corrected chi connectivity index (χ2v) is 7.01. The van der Waals surface area contributed by atoms with Gasteiger partial charge < -0.3 is 14.6 Å². The predicted octanol–water partition coefficient (Wildman–Crippen LogP) is 4.19. The van der Waals surface area contributed by atoms with Gasteiger partial charge in [-0.2, -0.15) is 0 Å². The van der Waals surface area contributed by atoms with E-state index < -0.39 is 17.7 Å². The minimum absolute atomic E-state index is 0.395. The molecule has 1 heterocycles. The number of carbonyl (C=O) groups is 1. The van der Waals surface area contributed by atoms with E-state index in [-0.39, 0.29) is 0 Å². The molecular formula is C20H23N3O2. The van der Waals surface area contributed by atoms with Crippen LogP contribution in [-0.2, 0) is 11.8 Å². The zero-order valence-corrected chi connectivity index (χ0v) is 15.0. The molecule has 0 unspecified atom stereocenters. The Morgan fingerprint density at radius 2 is 1.72 bits per heavy atom. The summed E-state index contributed by atoms with van der Waals surface area (Å²) in [5.74, 6) is 0.762. The maximum absolute atomic E-state index is 12.4. The largest absolute Gasteiger partial charge is 0.444 e. The van der Waals surface area contributed by atoms with Crippen LogP contribution < -0.4 is 5.32 Å². The maximum Gasteiger partial charge on any atom is 0.408 e. The van der Waals surface area contributed by atoms with Crippen LogP contribution in [0.3, 0.4) is 0 Å². The highest BCUT2D eigenvalue weighted by Gasteiger charge is 2.25. The molecule has 130 valence electrons. The Morgan fingerprint density at radius 1 is 1.08 bits per heavy atom. The molecule has 0 aliphatic rings. The van der Waals surface area contributed by atoms with Crippen LogP contribution in [0.15, 0.2) is 54.6 Å². The highest BCUT2D eigenvalue weighted by molar-refractivity contribution is 5.76. The van der Waals surface area contributed by atoms with E-state index in [1.165, 1.54) is 0 Å². The summed E-state index contributed by atoms with van der Waals surface area (Å²) in [7, 11) is 1.96. The van der Waals surface area contributed by atoms with Gasteiger partial charge in [0, 0.05) is 7.05 Å². The van der Waals surface area contributed by atoms with Gasteiger partial charge in [-0.25, -0.2) is 9.78 Å². The van der Waals surface area contributed by atoms with Crippen molar-refractivity contribution in [1.29, 1.82) is 0 Å². The van der Waals surface area contributed by atoms with Crippen LogP contribution in [0.1, 0.15) is 38.2 Å². The van der Waals surface area contributed by atoms with Crippen molar-refractivity contribution in [3.63, 3.8) is 0 Å². The summed E-state index contributed by atoms with van der Waals surface area (Å²) in [4.78, 5) is 17.1. The van der Waals surface area contributed by atoms with Gasteiger partial charge in [-0.05, 0) is 38.5 Å². The summed E-state index contributed by atoms with van der Waals surface area (Å²) in [6.45, 7) is 5.54. The number of imidazole rings is 1. The molecule has 2 aromatic carbocycles. The third-order valence-corrected chi connectivity index (χ3v) is 3.87. The fraction of sp³-hybridized carbons (Fsp3) is 0.300. The van der Waals surface area contributed by atoms with Gasteiger partial charge in [0.25, 0.3) is 0 Å². The summed E-state index contributed by atoms with van der Waals surface area (Å²) < 4.78 is 7.44. The highest BCUT2D eigenvalue weighted by atomic mass is 16.6. The summed E-state index contributed by atoms with van der Waals surface area (Å²) in [5, 5.41) is 2.96. The quantitative estimate of drug-likeness (QED) is 0.780. The Labute approximate surface area is 147 Å². The van der Waals surface area contributed by atoms with Gasteiger partial charge in [-0.1, -0.05) is 42.5 Å². The number of hydrogen-bond donors (Lipinski definition) is 1. The molecule has 0 spiro atoms. The molecule has 1 atom stereocenters. The normalized spacial score (nSPS) is 12.8. The number of rotatable bonds is 3. The molecule has 0 aliphatic carbocycles. The number of ether oxygens (including phenoxy) is 1. The minimum atomic E-state index is -0.558. The minimum Gasteiger partial charge on any atom is -0.444 e. The third-order valence-electron chi connectivity index (χ3n) is 3.87. The second-order valence-electron chi connectivity index (χ2n) is 7.01. The monoisotopic (exact) mass is 337 g/mol. The van der Waals surface area contributed by atoms with Crippen molar-refractivity contribution in [3.05, 3.63) is 66.0 Å². The lowest BCUT2D eigenvalue weighted by atomic mass is 10.1. The van der Waals surface area contributed by atoms with E-state index in [4.69, 9.17) is 9.72 Å². The lowest BCUT2D eigenvalue weighted by molar-refractivity contribution is 0.0510. The standard InChI is InChI=1S/C20H23N3O2/c1-20(2,3)25-19(24)22-17(14-10-6-5-7-11-14)18-21-15-12-8-9-13-16(15)23(18)4/h5-13,17H,1-4H3,(H,22,24)/t17-/m1/s1. The molecule has 5 nitrogen and oxygen atoms in total. The Morgan fingerprint density at radius 3 is 2.36 bits per heavy atom. The molecule has 0 radical (unpaired) electrons. The number of hydrogen-bond acceptors (Lipinski definition) is 3. The number of alkyl carbamates (subject to hydrolysis) is 1. The maximum atomic E-state index is 12.4. The summed E-state index contributed by atoms with van der Waals surface area (Å²) in [6, 6.07) is 17.3. The van der Waals surface area contributed by atoms with E-state index in [1.54, 1.807) is 0 Å². The zero-order chi connectivity index (χ0) is 18.0. The number of para-hydroxylation sites is 2. The number of nitrogens with zero attached hydrogens (tertiary/aromatic N) is 2. The van der Waals surface area contributed by atoms with E-state index in [1.807, 2.05) is 87.0 Å². The number of carbonyl (C=O) groups excluding carboxylic acids is 1. The Kier molecular flexibility index (Phi) is 4.49. The lowest BCUT2D eigenvalue weighted by Gasteiger charge is -2.23. The first kappa shape index (κ1) is 17.0. The van der Waals surface area contributed by atoms with E-state index in [2.05, 4.69) is 5.32 Å². The van der Waals surface area contributed by atoms with Crippen molar-refractivity contribution in [2.45, 2.75) is 32.4 Å². The average molecular weight is 337 g/mol. The van der Waals surface area contributed by atoms with Gasteiger partial charge >= 0.3 is 6.09 Å². The van der Waals surface area contributed by atoms with Crippen molar-refractivity contribution in [2.75, 3.05) is 0 Å². The van der Waals surface area contributed by atoms with Gasteiger partial charge in [-0.15, -0.1) is 0 Å². The molecule has 1 amide bonds. The number of amides is 1. The van der Waals surface area contributed by atoms with Gasteiger partial charge in [0.15, 0.2) is 0 Å². The third kappa shape index (κ3) is 3.82. The molecule has 0 saturated heterocycles. The molecule has 1 N–H and O–H groups in total. The van der Waals surface area contributed by atoms with E-state index in [9.17, 15) is 4.79 Å². The number of fused-ring (bicyclic) bond motifs is 1.